The summed E-state index contributed by atoms with van der Waals surface area (Å²) in [5.74, 6) is -0.523. The lowest BCUT2D eigenvalue weighted by atomic mass is 10.1. The molecule has 0 unspecified atom stereocenters. The van der Waals surface area contributed by atoms with Gasteiger partial charge in [-0.2, -0.15) is 0 Å². The van der Waals surface area contributed by atoms with Gasteiger partial charge in [-0.05, 0) is 50.2 Å². The molecular weight excluding hydrogens is 569 g/mol. The first-order chi connectivity index (χ1) is 17.5. The molecule has 208 valence electrons. The Morgan fingerprint density at radius 3 is 1.46 bits per heavy atom. The predicted octanol–water partition coefficient (Wildman–Crippen LogP) is 5.97. The van der Waals surface area contributed by atoms with Crippen LogP contribution in [0.4, 0.5) is 20.2 Å². The average Bonchev–Trinajstić information content (AvgIpc) is 3.61. The molecule has 13 heteroatoms. The van der Waals surface area contributed by atoms with E-state index in [0.717, 1.165) is 48.7 Å². The molecule has 0 saturated carbocycles. The summed E-state index contributed by atoms with van der Waals surface area (Å²) in [6.07, 6.45) is 6.80. The zero-order chi connectivity index (χ0) is 25.1. The van der Waals surface area contributed by atoms with E-state index in [1.807, 2.05) is 23.9 Å². The maximum atomic E-state index is 14.0. The zero-order valence-corrected chi connectivity index (χ0v) is 23.7. The van der Waals surface area contributed by atoms with Crippen LogP contribution in [0.1, 0.15) is 11.1 Å². The number of nitrogens with zero attached hydrogens (tertiary/aromatic N) is 6. The number of fused-ring (bicyclic) bond motifs is 2. The Kier molecular flexibility index (Phi) is 11.5. The molecule has 0 bridgehead atoms. The minimum atomic E-state index is -0.262. The molecule has 0 fully saturated rings. The Morgan fingerprint density at radius 2 is 1.10 bits per heavy atom. The fourth-order valence-electron chi connectivity index (χ4n) is 4.14. The number of hydrazine groups is 2. The SMILES string of the molecule is Cc1c(NN2C=NCC2)cc(F)c2cccnc12.Cc1c(NN2C=NCC2)cc(F)c2cccnc12.Cl.Cl.Cl. The summed E-state index contributed by atoms with van der Waals surface area (Å²) in [6, 6.07) is 9.98. The van der Waals surface area contributed by atoms with Crippen LogP contribution >= 0.6 is 37.2 Å². The summed E-state index contributed by atoms with van der Waals surface area (Å²) in [7, 11) is 0. The molecule has 2 aliphatic rings. The number of aryl methyl sites for hydroxylation is 2. The van der Waals surface area contributed by atoms with Crippen molar-refractivity contribution in [3.63, 3.8) is 0 Å². The minimum absolute atomic E-state index is 0. The molecule has 2 N–H and O–H groups in total. The van der Waals surface area contributed by atoms with Gasteiger partial charge in [-0.1, -0.05) is 0 Å². The van der Waals surface area contributed by atoms with Gasteiger partial charge in [0.1, 0.15) is 24.3 Å². The predicted molar refractivity (Wildman–Crippen MR) is 162 cm³/mol. The Morgan fingerprint density at radius 1 is 0.692 bits per heavy atom. The number of rotatable bonds is 4. The molecule has 4 heterocycles. The Labute approximate surface area is 243 Å². The van der Waals surface area contributed by atoms with Crippen LogP contribution in [-0.4, -0.2) is 58.8 Å². The van der Waals surface area contributed by atoms with Gasteiger partial charge in [0, 0.05) is 34.3 Å². The number of aromatic nitrogens is 2. The van der Waals surface area contributed by atoms with Gasteiger partial charge in [-0.3, -0.25) is 40.8 Å². The van der Waals surface area contributed by atoms with Crippen molar-refractivity contribution in [3.05, 3.63) is 71.6 Å². The molecule has 0 amide bonds. The lowest BCUT2D eigenvalue weighted by Crippen LogP contribution is -2.27. The van der Waals surface area contributed by atoms with Crippen molar-refractivity contribution in [2.24, 2.45) is 9.98 Å². The van der Waals surface area contributed by atoms with Crippen LogP contribution in [0.25, 0.3) is 21.8 Å². The molecule has 6 rings (SSSR count). The molecule has 0 radical (unpaired) electrons. The second-order valence-electron chi connectivity index (χ2n) is 8.51. The smallest absolute Gasteiger partial charge is 0.134 e. The van der Waals surface area contributed by atoms with Crippen molar-refractivity contribution in [3.8, 4) is 0 Å². The number of benzene rings is 2. The highest BCUT2D eigenvalue weighted by Gasteiger charge is 2.14. The third kappa shape index (κ3) is 6.95. The van der Waals surface area contributed by atoms with Crippen molar-refractivity contribution >= 4 is 83.1 Å². The van der Waals surface area contributed by atoms with E-state index in [1.165, 1.54) is 12.1 Å². The largest absolute Gasteiger partial charge is 0.297 e. The topological polar surface area (TPSA) is 81.0 Å². The second-order valence-corrected chi connectivity index (χ2v) is 8.51. The third-order valence-electron chi connectivity index (χ3n) is 6.10. The van der Waals surface area contributed by atoms with Gasteiger partial charge in [-0.15, -0.1) is 37.2 Å². The molecule has 2 aromatic carbocycles. The summed E-state index contributed by atoms with van der Waals surface area (Å²) in [4.78, 5) is 16.7. The highest BCUT2D eigenvalue weighted by molar-refractivity contribution is 5.88. The minimum Gasteiger partial charge on any atom is -0.297 e. The van der Waals surface area contributed by atoms with Gasteiger partial charge in [-0.25, -0.2) is 8.78 Å². The summed E-state index contributed by atoms with van der Waals surface area (Å²) >= 11 is 0. The molecule has 0 atom stereocenters. The van der Waals surface area contributed by atoms with E-state index in [4.69, 9.17) is 0 Å². The molecule has 8 nitrogen and oxygen atoms in total. The Hall–Kier alpha value is -3.47. The van der Waals surface area contributed by atoms with Gasteiger partial charge in [0.15, 0.2) is 0 Å². The van der Waals surface area contributed by atoms with Crippen molar-refractivity contribution in [2.45, 2.75) is 13.8 Å². The Balaban J connectivity index is 0.000000254. The van der Waals surface area contributed by atoms with Crippen molar-refractivity contribution < 1.29 is 8.78 Å². The number of anilines is 2. The van der Waals surface area contributed by atoms with Crippen LogP contribution < -0.4 is 10.9 Å². The molecule has 0 spiro atoms. The van der Waals surface area contributed by atoms with E-state index in [9.17, 15) is 8.78 Å². The Bertz CT molecular complexity index is 1370. The maximum absolute atomic E-state index is 14.0. The van der Waals surface area contributed by atoms with Crippen molar-refractivity contribution in [1.82, 2.24) is 20.0 Å². The lowest BCUT2D eigenvalue weighted by Gasteiger charge is -2.19. The standard InChI is InChI=1S/2C13H13FN4.3ClH/c2*1-9-12(17-18-6-5-15-8-18)7-11(14)10-3-2-4-16-13(9)10;;;/h2*2-4,7-8,17H,5-6H2,1H3;3*1H. The summed E-state index contributed by atoms with van der Waals surface area (Å²) in [5, 5.41) is 4.79. The number of aliphatic imine (C=N–C) groups is 2. The monoisotopic (exact) mass is 596 g/mol. The van der Waals surface area contributed by atoms with Gasteiger partial charge in [0.2, 0.25) is 0 Å². The zero-order valence-electron chi connectivity index (χ0n) is 21.3. The van der Waals surface area contributed by atoms with Crippen LogP contribution in [-0.2, 0) is 0 Å². The van der Waals surface area contributed by atoms with E-state index in [1.54, 1.807) is 49.3 Å². The summed E-state index contributed by atoms with van der Waals surface area (Å²) < 4.78 is 27.9. The number of hydrogen-bond donors (Lipinski definition) is 2. The maximum Gasteiger partial charge on any atom is 0.134 e. The highest BCUT2D eigenvalue weighted by Crippen LogP contribution is 2.28. The quantitative estimate of drug-likeness (QED) is 0.302. The number of halogens is 5. The first-order valence-electron chi connectivity index (χ1n) is 11.7. The summed E-state index contributed by atoms with van der Waals surface area (Å²) in [5.41, 5.74) is 11.0. The van der Waals surface area contributed by atoms with Crippen LogP contribution in [0, 0.1) is 25.5 Å². The number of hydrogen-bond acceptors (Lipinski definition) is 8. The fraction of sp³-hybridized carbons (Fsp3) is 0.231. The van der Waals surface area contributed by atoms with Gasteiger partial charge >= 0.3 is 0 Å². The van der Waals surface area contributed by atoms with Gasteiger partial charge in [0.25, 0.3) is 0 Å². The van der Waals surface area contributed by atoms with Crippen LogP contribution in [0.2, 0.25) is 0 Å². The molecule has 39 heavy (non-hydrogen) atoms. The molecule has 0 aliphatic carbocycles. The normalized spacial score (nSPS) is 13.3. The van der Waals surface area contributed by atoms with Crippen LogP contribution in [0.5, 0.6) is 0 Å². The number of pyridine rings is 2. The fourth-order valence-corrected chi connectivity index (χ4v) is 4.14. The molecule has 2 aromatic heterocycles. The summed E-state index contributed by atoms with van der Waals surface area (Å²) in [6.45, 7) is 6.98. The highest BCUT2D eigenvalue weighted by atomic mass is 35.5. The molecule has 0 saturated heterocycles. The second kappa shape index (κ2) is 14.1. The van der Waals surface area contributed by atoms with Crippen molar-refractivity contribution in [1.29, 1.82) is 0 Å². The first-order valence-corrected chi connectivity index (χ1v) is 11.7. The molecular formula is C26H29Cl3F2N8. The van der Waals surface area contributed by atoms with E-state index in [-0.39, 0.29) is 48.9 Å². The van der Waals surface area contributed by atoms with Crippen LogP contribution in [0.15, 0.2) is 58.8 Å². The van der Waals surface area contributed by atoms with E-state index in [0.29, 0.717) is 21.8 Å². The van der Waals surface area contributed by atoms with E-state index < -0.39 is 0 Å². The number of nitrogens with one attached hydrogen (secondary N) is 2. The third-order valence-corrected chi connectivity index (χ3v) is 6.10. The van der Waals surface area contributed by atoms with Gasteiger partial charge < -0.3 is 0 Å². The first kappa shape index (κ1) is 31.7. The molecule has 2 aliphatic heterocycles. The van der Waals surface area contributed by atoms with Gasteiger partial charge in [0.05, 0.1) is 48.6 Å². The average molecular weight is 598 g/mol. The van der Waals surface area contributed by atoms with E-state index >= 15 is 0 Å². The molecule has 4 aromatic rings. The van der Waals surface area contributed by atoms with E-state index in [2.05, 4.69) is 30.8 Å². The lowest BCUT2D eigenvalue weighted by molar-refractivity contribution is 0.555. The van der Waals surface area contributed by atoms with Crippen LogP contribution in [0.3, 0.4) is 0 Å². The van der Waals surface area contributed by atoms with Crippen molar-refractivity contribution in [2.75, 3.05) is 37.0 Å².